The molecule has 114 valence electrons. The van der Waals surface area contributed by atoms with Crippen molar-refractivity contribution >= 4 is 38.6 Å². The molecular formula is C16H14BrNO4. The summed E-state index contributed by atoms with van der Waals surface area (Å²) in [5, 5.41) is 10.9. The van der Waals surface area contributed by atoms with E-state index in [0.29, 0.717) is 12.1 Å². The van der Waals surface area contributed by atoms with Crippen LogP contribution in [0.3, 0.4) is 0 Å². The maximum absolute atomic E-state index is 12.8. The van der Waals surface area contributed by atoms with Crippen molar-refractivity contribution in [2.45, 2.75) is 6.10 Å². The van der Waals surface area contributed by atoms with Crippen LogP contribution in [0.4, 0.5) is 0 Å². The Kier molecular flexibility index (Phi) is 4.13. The van der Waals surface area contributed by atoms with Crippen LogP contribution >= 0.6 is 15.9 Å². The zero-order valence-corrected chi connectivity index (χ0v) is 13.2. The molecule has 1 amide bonds. The largest absolute Gasteiger partial charge is 0.479 e. The van der Waals surface area contributed by atoms with E-state index in [1.54, 1.807) is 6.07 Å². The van der Waals surface area contributed by atoms with Crippen molar-refractivity contribution in [1.29, 1.82) is 0 Å². The molecule has 5 nitrogen and oxygen atoms in total. The molecule has 3 rings (SSSR count). The summed E-state index contributed by atoms with van der Waals surface area (Å²) in [5.74, 6) is -1.22. The third-order valence-electron chi connectivity index (χ3n) is 3.69. The van der Waals surface area contributed by atoms with E-state index in [1.165, 1.54) is 4.90 Å². The first kappa shape index (κ1) is 15.0. The lowest BCUT2D eigenvalue weighted by Crippen LogP contribution is -2.48. The first-order chi connectivity index (χ1) is 10.6. The predicted molar refractivity (Wildman–Crippen MR) is 84.9 cm³/mol. The molecule has 1 atom stereocenters. The van der Waals surface area contributed by atoms with Crippen LogP contribution in [0.15, 0.2) is 40.9 Å². The van der Waals surface area contributed by atoms with Gasteiger partial charge in [0, 0.05) is 16.6 Å². The maximum atomic E-state index is 12.8. The summed E-state index contributed by atoms with van der Waals surface area (Å²) in [6, 6.07) is 11.4. The highest BCUT2D eigenvalue weighted by molar-refractivity contribution is 9.10. The van der Waals surface area contributed by atoms with Crippen molar-refractivity contribution in [1.82, 2.24) is 4.90 Å². The molecule has 0 radical (unpaired) electrons. The number of amides is 1. The highest BCUT2D eigenvalue weighted by Crippen LogP contribution is 2.26. The van der Waals surface area contributed by atoms with Gasteiger partial charge in [0.2, 0.25) is 0 Å². The molecule has 0 aliphatic carbocycles. The minimum absolute atomic E-state index is 0.0645. The van der Waals surface area contributed by atoms with E-state index in [2.05, 4.69) is 15.9 Å². The number of carbonyl (C=O) groups is 2. The second kappa shape index (κ2) is 6.06. The zero-order valence-electron chi connectivity index (χ0n) is 11.7. The Morgan fingerprint density at radius 3 is 2.82 bits per heavy atom. The summed E-state index contributed by atoms with van der Waals surface area (Å²) in [7, 11) is 0. The molecule has 0 spiro atoms. The molecule has 2 aromatic carbocycles. The average Bonchev–Trinajstić information content (AvgIpc) is 2.53. The van der Waals surface area contributed by atoms with Gasteiger partial charge in [-0.05, 0) is 22.9 Å². The second-order valence-electron chi connectivity index (χ2n) is 5.12. The van der Waals surface area contributed by atoms with Gasteiger partial charge in [-0.15, -0.1) is 0 Å². The van der Waals surface area contributed by atoms with Gasteiger partial charge >= 0.3 is 5.97 Å². The zero-order chi connectivity index (χ0) is 15.7. The summed E-state index contributed by atoms with van der Waals surface area (Å²) in [4.78, 5) is 25.4. The Bertz CT molecular complexity index is 746. The molecule has 6 heteroatoms. The number of carboxylic acid groups (broad SMARTS) is 1. The lowest BCUT2D eigenvalue weighted by molar-refractivity contribution is -0.154. The number of fused-ring (bicyclic) bond motifs is 1. The van der Waals surface area contributed by atoms with E-state index in [0.717, 1.165) is 15.2 Å². The molecular weight excluding hydrogens is 350 g/mol. The van der Waals surface area contributed by atoms with Crippen molar-refractivity contribution in [2.24, 2.45) is 0 Å². The highest BCUT2D eigenvalue weighted by Gasteiger charge is 2.30. The molecule has 0 saturated carbocycles. The number of halogens is 1. The fourth-order valence-corrected chi connectivity index (χ4v) is 3.08. The Balaban J connectivity index is 1.97. The van der Waals surface area contributed by atoms with E-state index >= 15 is 0 Å². The topological polar surface area (TPSA) is 66.8 Å². The number of carbonyl (C=O) groups excluding carboxylic acids is 1. The van der Waals surface area contributed by atoms with Crippen LogP contribution in [0.25, 0.3) is 10.8 Å². The number of nitrogens with zero attached hydrogens (tertiary/aromatic N) is 1. The Labute approximate surface area is 135 Å². The van der Waals surface area contributed by atoms with E-state index < -0.39 is 12.1 Å². The summed E-state index contributed by atoms with van der Waals surface area (Å²) < 4.78 is 5.98. The number of benzene rings is 2. The Morgan fingerprint density at radius 1 is 1.27 bits per heavy atom. The number of hydrogen-bond donors (Lipinski definition) is 1. The SMILES string of the molecule is O=C(O)C1CN(C(=O)c2cc(Br)cc3ccccc23)CCO1. The van der Waals surface area contributed by atoms with Gasteiger partial charge in [-0.2, -0.15) is 0 Å². The van der Waals surface area contributed by atoms with Gasteiger partial charge < -0.3 is 14.7 Å². The molecule has 1 heterocycles. The van der Waals surface area contributed by atoms with Crippen LogP contribution in [-0.2, 0) is 9.53 Å². The quantitative estimate of drug-likeness (QED) is 0.890. The minimum atomic E-state index is -1.04. The molecule has 1 unspecified atom stereocenters. The molecule has 1 aliphatic heterocycles. The predicted octanol–water partition coefficient (Wildman–Crippen LogP) is 2.53. The number of morpholine rings is 1. The molecule has 0 aromatic heterocycles. The fraction of sp³-hybridized carbons (Fsp3) is 0.250. The molecule has 2 aromatic rings. The molecule has 1 saturated heterocycles. The fourth-order valence-electron chi connectivity index (χ4n) is 2.60. The van der Waals surface area contributed by atoms with Crippen molar-refractivity contribution in [3.8, 4) is 0 Å². The normalized spacial score (nSPS) is 18.4. The van der Waals surface area contributed by atoms with E-state index in [-0.39, 0.29) is 19.1 Å². The van der Waals surface area contributed by atoms with Crippen LogP contribution in [0.5, 0.6) is 0 Å². The third-order valence-corrected chi connectivity index (χ3v) is 4.14. The lowest BCUT2D eigenvalue weighted by Gasteiger charge is -2.31. The van der Waals surface area contributed by atoms with Gasteiger partial charge in [0.1, 0.15) is 0 Å². The lowest BCUT2D eigenvalue weighted by atomic mass is 10.0. The van der Waals surface area contributed by atoms with Crippen molar-refractivity contribution in [3.63, 3.8) is 0 Å². The van der Waals surface area contributed by atoms with Gasteiger partial charge in [0.05, 0.1) is 13.2 Å². The molecule has 0 bridgehead atoms. The number of aliphatic carboxylic acids is 1. The highest BCUT2D eigenvalue weighted by atomic mass is 79.9. The standard InChI is InChI=1S/C16H14BrNO4/c17-11-7-10-3-1-2-4-12(10)13(8-11)15(19)18-5-6-22-14(9-18)16(20)21/h1-4,7-8,14H,5-6,9H2,(H,20,21). The maximum Gasteiger partial charge on any atom is 0.334 e. The summed E-state index contributed by atoms with van der Waals surface area (Å²) in [6.07, 6.45) is -0.962. The number of rotatable bonds is 2. The van der Waals surface area contributed by atoms with Gasteiger partial charge in [-0.1, -0.05) is 40.2 Å². The summed E-state index contributed by atoms with van der Waals surface area (Å²) in [5.41, 5.74) is 0.566. The second-order valence-corrected chi connectivity index (χ2v) is 6.04. The first-order valence-corrected chi connectivity index (χ1v) is 7.67. The van der Waals surface area contributed by atoms with Gasteiger partial charge in [0.15, 0.2) is 6.10 Å². The number of carboxylic acids is 1. The molecule has 1 N–H and O–H groups in total. The van der Waals surface area contributed by atoms with Crippen LogP contribution < -0.4 is 0 Å². The van der Waals surface area contributed by atoms with Gasteiger partial charge in [-0.25, -0.2) is 4.79 Å². The van der Waals surface area contributed by atoms with Crippen LogP contribution in [0.2, 0.25) is 0 Å². The van der Waals surface area contributed by atoms with E-state index in [1.807, 2.05) is 30.3 Å². The third kappa shape index (κ3) is 2.84. The Hall–Kier alpha value is -1.92. The smallest absolute Gasteiger partial charge is 0.334 e. The molecule has 1 aliphatic rings. The first-order valence-electron chi connectivity index (χ1n) is 6.88. The van der Waals surface area contributed by atoms with E-state index in [4.69, 9.17) is 9.84 Å². The van der Waals surface area contributed by atoms with Crippen molar-refractivity contribution < 1.29 is 19.4 Å². The van der Waals surface area contributed by atoms with Crippen molar-refractivity contribution in [2.75, 3.05) is 19.7 Å². The van der Waals surface area contributed by atoms with Crippen LogP contribution in [-0.4, -0.2) is 47.7 Å². The van der Waals surface area contributed by atoms with Crippen LogP contribution in [0, 0.1) is 0 Å². The molecule has 1 fully saturated rings. The average molecular weight is 364 g/mol. The van der Waals surface area contributed by atoms with Crippen molar-refractivity contribution in [3.05, 3.63) is 46.4 Å². The van der Waals surface area contributed by atoms with Gasteiger partial charge in [-0.3, -0.25) is 4.79 Å². The Morgan fingerprint density at radius 2 is 2.05 bits per heavy atom. The minimum Gasteiger partial charge on any atom is -0.479 e. The number of ether oxygens (including phenoxy) is 1. The summed E-state index contributed by atoms with van der Waals surface area (Å²) in [6.45, 7) is 0.688. The van der Waals surface area contributed by atoms with Crippen LogP contribution in [0.1, 0.15) is 10.4 Å². The molecule has 22 heavy (non-hydrogen) atoms. The number of hydrogen-bond acceptors (Lipinski definition) is 3. The van der Waals surface area contributed by atoms with Gasteiger partial charge in [0.25, 0.3) is 5.91 Å². The monoisotopic (exact) mass is 363 g/mol. The van der Waals surface area contributed by atoms with E-state index in [9.17, 15) is 9.59 Å². The summed E-state index contributed by atoms with van der Waals surface area (Å²) >= 11 is 3.42.